The zero-order chi connectivity index (χ0) is 34.7. The number of aromatic nitrogens is 1. The van der Waals surface area contributed by atoms with Gasteiger partial charge in [0.1, 0.15) is 5.01 Å². The van der Waals surface area contributed by atoms with E-state index in [0.717, 1.165) is 36.3 Å². The third-order valence-electron chi connectivity index (χ3n) is 10.2. The van der Waals surface area contributed by atoms with Gasteiger partial charge in [-0.25, -0.2) is 4.98 Å². The normalized spacial score (nSPS) is 19.4. The number of carbonyl (C=O) groups is 3. The smallest absolute Gasteiger partial charge is 0.226 e. The van der Waals surface area contributed by atoms with Gasteiger partial charge in [-0.05, 0) is 43.1 Å². The van der Waals surface area contributed by atoms with E-state index in [1.165, 1.54) is 11.3 Å². The van der Waals surface area contributed by atoms with Crippen molar-refractivity contribution in [3.05, 3.63) is 52.5 Å². The van der Waals surface area contributed by atoms with Crippen molar-refractivity contribution in [3.63, 3.8) is 0 Å². The lowest BCUT2D eigenvalue weighted by Crippen LogP contribution is -2.54. The molecule has 3 amide bonds. The number of rotatable bonds is 18. The van der Waals surface area contributed by atoms with Crippen molar-refractivity contribution in [1.29, 1.82) is 0 Å². The molecule has 1 saturated heterocycles. The van der Waals surface area contributed by atoms with Crippen LogP contribution in [0, 0.1) is 23.7 Å². The van der Waals surface area contributed by atoms with Gasteiger partial charge < -0.3 is 24.6 Å². The predicted octanol–water partition coefficient (Wildman–Crippen LogP) is 6.15. The molecule has 0 unspecified atom stereocenters. The number of hydrogen-bond donors (Lipinski definition) is 1. The van der Waals surface area contributed by atoms with Crippen LogP contribution in [-0.4, -0.2) is 84.6 Å². The molecule has 2 aromatic rings. The first kappa shape index (κ1) is 38.6. The van der Waals surface area contributed by atoms with Crippen LogP contribution in [0.3, 0.4) is 0 Å². The van der Waals surface area contributed by atoms with Gasteiger partial charge in [-0.3, -0.25) is 14.4 Å². The van der Waals surface area contributed by atoms with Gasteiger partial charge in [-0.2, -0.15) is 0 Å². The quantitative estimate of drug-likeness (QED) is 0.204. The van der Waals surface area contributed by atoms with E-state index in [2.05, 4.69) is 57.1 Å². The standard InChI is InChI=1S/C37H58N4O5S/c1-10-25(5)33(40(7)37(44)28(11-2)24(3)4)31(45-8)23-32(42)41-20-15-18-30(41)34(46-9)26(6)35(43)39-29(36-38-19-21-47-36)22-27-16-13-12-14-17-27/h12-14,16-17,19,21,24-26,28-31,33-34H,10-11,15,18,20,22-23H2,1-9H3,(H,39,43)/t25-,26+,28-,29-,30-,31+,33-,34+/m0/s1. The van der Waals surface area contributed by atoms with E-state index in [4.69, 9.17) is 9.47 Å². The highest BCUT2D eigenvalue weighted by Crippen LogP contribution is 2.31. The number of amides is 3. The topological polar surface area (TPSA) is 101 Å². The van der Waals surface area contributed by atoms with Gasteiger partial charge in [0.05, 0.1) is 42.7 Å². The maximum absolute atomic E-state index is 14.1. The Morgan fingerprint density at radius 3 is 2.32 bits per heavy atom. The summed E-state index contributed by atoms with van der Waals surface area (Å²) in [6, 6.07) is 9.31. The van der Waals surface area contributed by atoms with Gasteiger partial charge in [-0.1, -0.05) is 78.3 Å². The number of thiazole rings is 1. The average molecular weight is 671 g/mol. The molecule has 9 nitrogen and oxygen atoms in total. The van der Waals surface area contributed by atoms with Gasteiger partial charge in [-0.15, -0.1) is 11.3 Å². The fourth-order valence-corrected chi connectivity index (χ4v) is 7.95. The zero-order valence-corrected chi connectivity index (χ0v) is 30.8. The summed E-state index contributed by atoms with van der Waals surface area (Å²) in [5, 5.41) is 6.01. The maximum atomic E-state index is 14.1. The molecule has 1 aliphatic rings. The number of nitrogens with one attached hydrogen (secondary N) is 1. The number of nitrogens with zero attached hydrogens (tertiary/aromatic N) is 3. The first-order chi connectivity index (χ1) is 22.5. The number of methoxy groups -OCH3 is 2. The second-order valence-electron chi connectivity index (χ2n) is 13.5. The molecule has 0 spiro atoms. The second-order valence-corrected chi connectivity index (χ2v) is 14.4. The van der Waals surface area contributed by atoms with Crippen LogP contribution in [0.15, 0.2) is 41.9 Å². The molecule has 0 aliphatic carbocycles. The number of benzene rings is 1. The molecule has 0 radical (unpaired) electrons. The molecule has 10 heteroatoms. The van der Waals surface area contributed by atoms with Crippen LogP contribution in [0.4, 0.5) is 0 Å². The van der Waals surface area contributed by atoms with Crippen LogP contribution in [0.25, 0.3) is 0 Å². The summed E-state index contributed by atoms with van der Waals surface area (Å²) < 4.78 is 12.0. The molecule has 47 heavy (non-hydrogen) atoms. The summed E-state index contributed by atoms with van der Waals surface area (Å²) in [7, 11) is 5.11. The fourth-order valence-electron chi connectivity index (χ4n) is 7.26. The lowest BCUT2D eigenvalue weighted by molar-refractivity contribution is -0.148. The largest absolute Gasteiger partial charge is 0.379 e. The summed E-state index contributed by atoms with van der Waals surface area (Å²) >= 11 is 1.52. The summed E-state index contributed by atoms with van der Waals surface area (Å²) in [5.41, 5.74) is 1.11. The second kappa shape index (κ2) is 18.7. The first-order valence-corrected chi connectivity index (χ1v) is 18.2. The number of hydrogen-bond acceptors (Lipinski definition) is 7. The highest BCUT2D eigenvalue weighted by Gasteiger charge is 2.42. The van der Waals surface area contributed by atoms with E-state index < -0.39 is 18.1 Å². The van der Waals surface area contributed by atoms with Crippen molar-refractivity contribution in [3.8, 4) is 0 Å². The SMILES string of the molecule is CC[C@H](C(=O)N(C)[C@@H]([C@@H](C)CC)[C@@H](CC(=O)N1CCC[C@H]1[C@H](OC)[C@@H](C)C(=O)N[C@@H](Cc1ccccc1)c1nccs1)OC)C(C)C. The van der Waals surface area contributed by atoms with Gasteiger partial charge in [0, 0.05) is 45.3 Å². The molecule has 2 heterocycles. The molecule has 1 aromatic heterocycles. The van der Waals surface area contributed by atoms with Crippen LogP contribution >= 0.6 is 11.3 Å². The summed E-state index contributed by atoms with van der Waals surface area (Å²) in [4.78, 5) is 49.7. The lowest BCUT2D eigenvalue weighted by Gasteiger charge is -2.40. The minimum Gasteiger partial charge on any atom is -0.379 e. The molecular formula is C37H58N4O5S. The van der Waals surface area contributed by atoms with Crippen LogP contribution < -0.4 is 5.32 Å². The van der Waals surface area contributed by atoms with Gasteiger partial charge >= 0.3 is 0 Å². The monoisotopic (exact) mass is 670 g/mol. The van der Waals surface area contributed by atoms with Crippen molar-refractivity contribution in [2.45, 2.75) is 110 Å². The molecule has 1 fully saturated rings. The zero-order valence-electron chi connectivity index (χ0n) is 30.0. The minimum atomic E-state index is -0.506. The van der Waals surface area contributed by atoms with Gasteiger partial charge in [0.15, 0.2) is 0 Å². The van der Waals surface area contributed by atoms with E-state index in [1.807, 2.05) is 47.4 Å². The van der Waals surface area contributed by atoms with Crippen molar-refractivity contribution < 1.29 is 23.9 Å². The highest BCUT2D eigenvalue weighted by atomic mass is 32.1. The minimum absolute atomic E-state index is 0.0381. The molecule has 0 bridgehead atoms. The van der Waals surface area contributed by atoms with E-state index in [1.54, 1.807) is 20.4 Å². The van der Waals surface area contributed by atoms with Crippen molar-refractivity contribution >= 4 is 29.1 Å². The van der Waals surface area contributed by atoms with Gasteiger partial charge in [0.25, 0.3) is 0 Å². The molecule has 1 aromatic carbocycles. The average Bonchev–Trinajstić information content (AvgIpc) is 3.78. The Hall–Kier alpha value is -2.82. The van der Waals surface area contributed by atoms with E-state index in [-0.39, 0.29) is 60.0 Å². The number of likely N-dealkylation sites (N-methyl/N-ethyl adjacent to an activating group) is 1. The first-order valence-electron chi connectivity index (χ1n) is 17.3. The Kier molecular flexibility index (Phi) is 15.3. The predicted molar refractivity (Wildman–Crippen MR) is 188 cm³/mol. The summed E-state index contributed by atoms with van der Waals surface area (Å²) in [6.45, 7) is 12.9. The Bertz CT molecular complexity index is 1240. The number of ether oxygens (including phenoxy) is 2. The maximum Gasteiger partial charge on any atom is 0.226 e. The number of carbonyl (C=O) groups excluding carboxylic acids is 3. The Labute approximate surface area is 286 Å². The summed E-state index contributed by atoms with van der Waals surface area (Å²) in [6.07, 6.45) is 4.79. The Morgan fingerprint density at radius 2 is 1.77 bits per heavy atom. The molecule has 3 rings (SSSR count). The summed E-state index contributed by atoms with van der Waals surface area (Å²) in [5.74, 6) is -0.296. The third-order valence-corrected chi connectivity index (χ3v) is 11.1. The van der Waals surface area contributed by atoms with E-state index in [9.17, 15) is 14.4 Å². The molecule has 1 aliphatic heterocycles. The lowest BCUT2D eigenvalue weighted by atomic mass is 9.87. The van der Waals surface area contributed by atoms with Crippen LogP contribution in [0.2, 0.25) is 0 Å². The Morgan fingerprint density at radius 1 is 1.06 bits per heavy atom. The fraction of sp³-hybridized carbons (Fsp3) is 0.676. The molecule has 8 atom stereocenters. The molecular weight excluding hydrogens is 612 g/mol. The van der Waals surface area contributed by atoms with Crippen molar-refractivity contribution in [2.75, 3.05) is 27.8 Å². The highest BCUT2D eigenvalue weighted by molar-refractivity contribution is 7.09. The van der Waals surface area contributed by atoms with Crippen LogP contribution in [0.1, 0.15) is 90.3 Å². The van der Waals surface area contributed by atoms with Crippen LogP contribution in [-0.2, 0) is 30.3 Å². The molecule has 262 valence electrons. The van der Waals surface area contributed by atoms with E-state index in [0.29, 0.717) is 13.0 Å². The number of likely N-dealkylation sites (tertiary alicyclic amines) is 1. The van der Waals surface area contributed by atoms with E-state index >= 15 is 0 Å². The van der Waals surface area contributed by atoms with Crippen molar-refractivity contribution in [2.24, 2.45) is 23.7 Å². The molecule has 1 N–H and O–H groups in total. The van der Waals surface area contributed by atoms with Gasteiger partial charge in [0.2, 0.25) is 17.7 Å². The van der Waals surface area contributed by atoms with Crippen LogP contribution in [0.5, 0.6) is 0 Å². The van der Waals surface area contributed by atoms with Crippen molar-refractivity contribution in [1.82, 2.24) is 20.1 Å². The third kappa shape index (κ3) is 9.86. The molecule has 0 saturated carbocycles. The Balaban J connectivity index is 1.76.